The Hall–Kier alpha value is -2.33. The molecule has 1 aromatic carbocycles. The molecule has 0 radical (unpaired) electrons. The Balaban J connectivity index is 1.57. The molecule has 4 nitrogen and oxygen atoms in total. The van der Waals surface area contributed by atoms with E-state index in [4.69, 9.17) is 4.74 Å². The minimum absolute atomic E-state index is 0.484. The molecule has 1 aliphatic rings. The molecule has 3 aromatic rings. The molecule has 1 aliphatic heterocycles. The average Bonchev–Trinajstić information content (AvgIpc) is 2.99. The first-order valence-corrected chi connectivity index (χ1v) is 8.25. The highest BCUT2D eigenvalue weighted by molar-refractivity contribution is 5.86. The van der Waals surface area contributed by atoms with Gasteiger partial charge in [0.15, 0.2) is 0 Å². The number of rotatable bonds is 3. The molecule has 1 saturated heterocycles. The lowest BCUT2D eigenvalue weighted by Crippen LogP contribution is -2.26. The van der Waals surface area contributed by atoms with Crippen molar-refractivity contribution in [2.75, 3.05) is 6.54 Å². The summed E-state index contributed by atoms with van der Waals surface area (Å²) in [6.07, 6.45) is 7.54. The van der Waals surface area contributed by atoms with Gasteiger partial charge in [0.2, 0.25) is 0 Å². The number of piperidine rings is 1. The number of hydrogen-bond donors (Lipinski definition) is 2. The summed E-state index contributed by atoms with van der Waals surface area (Å²) in [4.78, 5) is 7.50. The second kappa shape index (κ2) is 6.05. The molecule has 0 aliphatic carbocycles. The normalized spacial score (nSPS) is 18.2. The fraction of sp³-hybridized carbons (Fsp3) is 0.316. The van der Waals surface area contributed by atoms with Crippen LogP contribution >= 0.6 is 0 Å². The predicted octanol–water partition coefficient (Wildman–Crippen LogP) is 4.48. The van der Waals surface area contributed by atoms with Crippen LogP contribution in [0.2, 0.25) is 0 Å². The van der Waals surface area contributed by atoms with Crippen LogP contribution < -0.4 is 10.1 Å². The number of aromatic nitrogens is 2. The predicted molar refractivity (Wildman–Crippen MR) is 91.9 cm³/mol. The standard InChI is InChI=1S/C19H21N3O/c1-13-12-22-19-18(13)17(9-11-21-19)23-15-7-5-14(6-8-15)16-4-2-3-10-20-16/h5-9,11-12,16,20H,2-4,10H2,1H3,(H,21,22). The maximum atomic E-state index is 6.09. The van der Waals surface area contributed by atoms with Crippen molar-refractivity contribution in [1.82, 2.24) is 15.3 Å². The van der Waals surface area contributed by atoms with E-state index >= 15 is 0 Å². The van der Waals surface area contributed by atoms with Crippen LogP contribution in [0, 0.1) is 6.92 Å². The molecule has 0 bridgehead atoms. The van der Waals surface area contributed by atoms with Gasteiger partial charge in [-0.15, -0.1) is 0 Å². The molecule has 0 saturated carbocycles. The molecule has 4 heteroatoms. The van der Waals surface area contributed by atoms with Crippen molar-refractivity contribution in [2.24, 2.45) is 0 Å². The van der Waals surface area contributed by atoms with Crippen LogP contribution in [0.25, 0.3) is 11.0 Å². The molecule has 2 N–H and O–H groups in total. The maximum absolute atomic E-state index is 6.09. The lowest BCUT2D eigenvalue weighted by molar-refractivity contribution is 0.411. The van der Waals surface area contributed by atoms with E-state index in [2.05, 4.69) is 46.5 Å². The minimum atomic E-state index is 0.484. The molecule has 3 heterocycles. The molecule has 23 heavy (non-hydrogen) atoms. The van der Waals surface area contributed by atoms with Crippen molar-refractivity contribution >= 4 is 11.0 Å². The molecule has 118 valence electrons. The first-order valence-electron chi connectivity index (χ1n) is 8.25. The van der Waals surface area contributed by atoms with E-state index in [0.717, 1.165) is 34.6 Å². The Morgan fingerprint density at radius 3 is 2.78 bits per heavy atom. The quantitative estimate of drug-likeness (QED) is 0.750. The average molecular weight is 307 g/mol. The molecule has 1 unspecified atom stereocenters. The van der Waals surface area contributed by atoms with Gasteiger partial charge in [-0.05, 0) is 55.6 Å². The second-order valence-corrected chi connectivity index (χ2v) is 6.18. The van der Waals surface area contributed by atoms with Gasteiger partial charge in [-0.2, -0.15) is 0 Å². The zero-order chi connectivity index (χ0) is 15.6. The molecule has 1 fully saturated rings. The summed E-state index contributed by atoms with van der Waals surface area (Å²) in [5, 5.41) is 4.63. The smallest absolute Gasteiger partial charge is 0.141 e. The summed E-state index contributed by atoms with van der Waals surface area (Å²) in [5.74, 6) is 1.70. The third-order valence-electron chi connectivity index (χ3n) is 4.55. The highest BCUT2D eigenvalue weighted by Gasteiger charge is 2.14. The van der Waals surface area contributed by atoms with Gasteiger partial charge >= 0.3 is 0 Å². The molecule has 4 rings (SSSR count). The van der Waals surface area contributed by atoms with E-state index in [1.807, 2.05) is 12.3 Å². The van der Waals surface area contributed by atoms with Crippen molar-refractivity contribution in [3.63, 3.8) is 0 Å². The second-order valence-electron chi connectivity index (χ2n) is 6.18. The zero-order valence-corrected chi connectivity index (χ0v) is 13.3. The van der Waals surface area contributed by atoms with Crippen LogP contribution in [0.4, 0.5) is 0 Å². The summed E-state index contributed by atoms with van der Waals surface area (Å²) in [6, 6.07) is 10.8. The van der Waals surface area contributed by atoms with E-state index in [1.165, 1.54) is 24.8 Å². The number of fused-ring (bicyclic) bond motifs is 1. The first kappa shape index (κ1) is 14.3. The van der Waals surface area contributed by atoms with Gasteiger partial charge < -0.3 is 15.0 Å². The van der Waals surface area contributed by atoms with Gasteiger partial charge in [-0.3, -0.25) is 0 Å². The molecule has 0 spiro atoms. The number of aromatic amines is 1. The Bertz CT molecular complexity index is 801. The first-order chi connectivity index (χ1) is 11.3. The number of aryl methyl sites for hydroxylation is 1. The van der Waals surface area contributed by atoms with Gasteiger partial charge in [-0.25, -0.2) is 4.98 Å². The third-order valence-corrected chi connectivity index (χ3v) is 4.55. The Morgan fingerprint density at radius 2 is 2.00 bits per heavy atom. The third kappa shape index (κ3) is 2.82. The fourth-order valence-corrected chi connectivity index (χ4v) is 3.30. The summed E-state index contributed by atoms with van der Waals surface area (Å²) >= 11 is 0. The monoisotopic (exact) mass is 307 g/mol. The van der Waals surface area contributed by atoms with Crippen molar-refractivity contribution in [1.29, 1.82) is 0 Å². The van der Waals surface area contributed by atoms with Gasteiger partial charge in [0.05, 0.1) is 5.39 Å². The largest absolute Gasteiger partial charge is 0.457 e. The highest BCUT2D eigenvalue weighted by atomic mass is 16.5. The number of nitrogens with one attached hydrogen (secondary N) is 2. The number of benzene rings is 1. The molecular weight excluding hydrogens is 286 g/mol. The van der Waals surface area contributed by atoms with E-state index in [9.17, 15) is 0 Å². The van der Waals surface area contributed by atoms with Crippen molar-refractivity contribution in [2.45, 2.75) is 32.2 Å². The van der Waals surface area contributed by atoms with Crippen molar-refractivity contribution in [3.05, 3.63) is 53.9 Å². The van der Waals surface area contributed by atoms with Crippen LogP contribution in [0.5, 0.6) is 11.5 Å². The van der Waals surface area contributed by atoms with E-state index in [1.54, 1.807) is 6.20 Å². The summed E-state index contributed by atoms with van der Waals surface area (Å²) in [7, 11) is 0. The fourth-order valence-electron chi connectivity index (χ4n) is 3.30. The Kier molecular flexibility index (Phi) is 3.75. The van der Waals surface area contributed by atoms with E-state index in [-0.39, 0.29) is 0 Å². The topological polar surface area (TPSA) is 49.9 Å². The number of hydrogen-bond acceptors (Lipinski definition) is 3. The zero-order valence-electron chi connectivity index (χ0n) is 13.3. The number of ether oxygens (including phenoxy) is 1. The van der Waals surface area contributed by atoms with Gasteiger partial charge in [0.1, 0.15) is 17.1 Å². The number of pyridine rings is 1. The maximum Gasteiger partial charge on any atom is 0.141 e. The van der Waals surface area contributed by atoms with E-state index < -0.39 is 0 Å². The van der Waals surface area contributed by atoms with Crippen LogP contribution in [0.3, 0.4) is 0 Å². The summed E-state index contributed by atoms with van der Waals surface area (Å²) in [6.45, 7) is 3.18. The number of nitrogens with zero attached hydrogens (tertiary/aromatic N) is 1. The molecule has 2 aromatic heterocycles. The summed E-state index contributed by atoms with van der Waals surface area (Å²) in [5.41, 5.74) is 3.35. The lowest BCUT2D eigenvalue weighted by Gasteiger charge is -2.23. The van der Waals surface area contributed by atoms with Crippen LogP contribution in [0.15, 0.2) is 42.7 Å². The highest BCUT2D eigenvalue weighted by Crippen LogP contribution is 2.32. The van der Waals surface area contributed by atoms with Crippen molar-refractivity contribution < 1.29 is 4.74 Å². The lowest BCUT2D eigenvalue weighted by atomic mass is 9.98. The van der Waals surface area contributed by atoms with Crippen LogP contribution in [-0.4, -0.2) is 16.5 Å². The van der Waals surface area contributed by atoms with Crippen LogP contribution in [-0.2, 0) is 0 Å². The Labute approximate surface area is 135 Å². The Morgan fingerprint density at radius 1 is 1.13 bits per heavy atom. The van der Waals surface area contributed by atoms with Gasteiger partial charge in [0.25, 0.3) is 0 Å². The van der Waals surface area contributed by atoms with Gasteiger partial charge in [0, 0.05) is 18.4 Å². The molecular formula is C19H21N3O. The molecule has 1 atom stereocenters. The SMILES string of the molecule is Cc1c[nH]c2nccc(Oc3ccc(C4CCCCN4)cc3)c12. The minimum Gasteiger partial charge on any atom is -0.457 e. The molecule has 0 amide bonds. The number of H-pyrrole nitrogens is 1. The van der Waals surface area contributed by atoms with Crippen LogP contribution in [0.1, 0.15) is 36.4 Å². The van der Waals surface area contributed by atoms with Crippen molar-refractivity contribution in [3.8, 4) is 11.5 Å². The summed E-state index contributed by atoms with van der Waals surface area (Å²) < 4.78 is 6.09. The van der Waals surface area contributed by atoms with Gasteiger partial charge in [-0.1, -0.05) is 18.6 Å². The van der Waals surface area contributed by atoms with E-state index in [0.29, 0.717) is 6.04 Å².